The Kier molecular flexibility index (Phi) is 4.49. The molecule has 1 atom stereocenters. The predicted molar refractivity (Wildman–Crippen MR) is 97.3 cm³/mol. The third-order valence-corrected chi connectivity index (χ3v) is 6.59. The van der Waals surface area contributed by atoms with Gasteiger partial charge in [0, 0.05) is 31.2 Å². The molecule has 4 nitrogen and oxygen atoms in total. The van der Waals surface area contributed by atoms with Gasteiger partial charge in [-0.2, -0.15) is 0 Å². The lowest BCUT2D eigenvalue weighted by atomic mass is 9.77. The van der Waals surface area contributed by atoms with E-state index in [-0.39, 0.29) is 17.6 Å². The molecule has 0 unspecified atom stereocenters. The van der Waals surface area contributed by atoms with Crippen molar-refractivity contribution >= 4 is 11.8 Å². The Morgan fingerprint density at radius 3 is 2.65 bits per heavy atom. The summed E-state index contributed by atoms with van der Waals surface area (Å²) in [6.45, 7) is 3.75. The molecule has 0 aromatic heterocycles. The van der Waals surface area contributed by atoms with Crippen molar-refractivity contribution in [2.45, 2.75) is 57.9 Å². The topological polar surface area (TPSA) is 40.6 Å². The van der Waals surface area contributed by atoms with E-state index >= 15 is 0 Å². The molecule has 1 spiro atoms. The minimum absolute atomic E-state index is 0.0786. The first-order valence-electron chi connectivity index (χ1n) is 9.87. The van der Waals surface area contributed by atoms with Gasteiger partial charge in [-0.05, 0) is 62.8 Å². The summed E-state index contributed by atoms with van der Waals surface area (Å²) in [5.41, 5.74) is 0.794. The van der Waals surface area contributed by atoms with Crippen LogP contribution in [0.3, 0.4) is 0 Å². The summed E-state index contributed by atoms with van der Waals surface area (Å²) < 4.78 is 13.3. The SMILES string of the molecule is Cc1cc(F)ccc1C(=O)N1CC[C@@]2(CCCN(C3CCCC3)C2=O)C1. The number of aryl methyl sites for hydroxylation is 1. The number of likely N-dealkylation sites (tertiary alicyclic amines) is 2. The Bertz CT molecular complexity index is 729. The largest absolute Gasteiger partial charge is 0.339 e. The first kappa shape index (κ1) is 17.5. The van der Waals surface area contributed by atoms with Crippen molar-refractivity contribution in [2.75, 3.05) is 19.6 Å². The van der Waals surface area contributed by atoms with Crippen LogP contribution in [0, 0.1) is 18.2 Å². The van der Waals surface area contributed by atoms with Gasteiger partial charge < -0.3 is 9.80 Å². The standard InChI is InChI=1S/C21H27FN2O2/c1-15-13-16(22)7-8-18(15)19(25)23-12-10-21(14-23)9-4-11-24(20(21)26)17-5-2-3-6-17/h7-8,13,17H,2-6,9-12,14H2,1H3/t21-/m0/s1. The molecule has 2 amide bonds. The minimum atomic E-state index is -0.398. The molecule has 3 fully saturated rings. The number of amides is 2. The monoisotopic (exact) mass is 358 g/mol. The lowest BCUT2D eigenvalue weighted by Gasteiger charge is -2.42. The van der Waals surface area contributed by atoms with Gasteiger partial charge in [-0.3, -0.25) is 9.59 Å². The van der Waals surface area contributed by atoms with Gasteiger partial charge in [-0.25, -0.2) is 4.39 Å². The zero-order chi connectivity index (χ0) is 18.3. The number of hydrogen-bond acceptors (Lipinski definition) is 2. The van der Waals surface area contributed by atoms with Gasteiger partial charge >= 0.3 is 0 Å². The second-order valence-electron chi connectivity index (χ2n) is 8.26. The molecule has 2 aliphatic heterocycles. The van der Waals surface area contributed by atoms with Crippen LogP contribution in [0.15, 0.2) is 18.2 Å². The summed E-state index contributed by atoms with van der Waals surface area (Å²) in [5, 5.41) is 0. The van der Waals surface area contributed by atoms with E-state index in [1.165, 1.54) is 25.0 Å². The minimum Gasteiger partial charge on any atom is -0.339 e. The molecule has 26 heavy (non-hydrogen) atoms. The maximum absolute atomic E-state index is 13.3. The molecule has 3 aliphatic rings. The Labute approximate surface area is 154 Å². The number of benzene rings is 1. The van der Waals surface area contributed by atoms with Crippen LogP contribution in [-0.2, 0) is 4.79 Å². The van der Waals surface area contributed by atoms with Gasteiger partial charge in [0.25, 0.3) is 5.91 Å². The smallest absolute Gasteiger partial charge is 0.254 e. The number of rotatable bonds is 2. The zero-order valence-corrected chi connectivity index (χ0v) is 15.5. The second kappa shape index (κ2) is 6.67. The van der Waals surface area contributed by atoms with Crippen LogP contribution in [0.2, 0.25) is 0 Å². The van der Waals surface area contributed by atoms with Crippen molar-refractivity contribution < 1.29 is 14.0 Å². The molecule has 5 heteroatoms. The summed E-state index contributed by atoms with van der Waals surface area (Å²) in [5.74, 6) is -0.140. The first-order valence-corrected chi connectivity index (χ1v) is 9.87. The van der Waals surface area contributed by atoms with Crippen LogP contribution in [0.1, 0.15) is 60.9 Å². The van der Waals surface area contributed by atoms with Gasteiger partial charge in [0.1, 0.15) is 5.82 Å². The summed E-state index contributed by atoms with van der Waals surface area (Å²) in [6, 6.07) is 4.70. The van der Waals surface area contributed by atoms with E-state index in [1.54, 1.807) is 17.9 Å². The van der Waals surface area contributed by atoms with Crippen LogP contribution in [0.4, 0.5) is 4.39 Å². The summed E-state index contributed by atoms with van der Waals surface area (Å²) in [4.78, 5) is 30.1. The van der Waals surface area contributed by atoms with E-state index in [1.807, 2.05) is 0 Å². The average Bonchev–Trinajstić information content (AvgIpc) is 3.28. The van der Waals surface area contributed by atoms with Crippen LogP contribution in [-0.4, -0.2) is 47.3 Å². The molecule has 1 aromatic rings. The Balaban J connectivity index is 1.51. The predicted octanol–water partition coefficient (Wildman–Crippen LogP) is 3.53. The van der Waals surface area contributed by atoms with Crippen molar-refractivity contribution in [1.29, 1.82) is 0 Å². The lowest BCUT2D eigenvalue weighted by Crippen LogP contribution is -2.53. The van der Waals surface area contributed by atoms with Crippen molar-refractivity contribution in [3.63, 3.8) is 0 Å². The van der Waals surface area contributed by atoms with Gasteiger partial charge in [-0.1, -0.05) is 12.8 Å². The van der Waals surface area contributed by atoms with Crippen molar-refractivity contribution in [3.05, 3.63) is 35.1 Å². The highest BCUT2D eigenvalue weighted by Gasteiger charge is 2.50. The molecule has 1 saturated carbocycles. The number of nitrogens with zero attached hydrogens (tertiary/aromatic N) is 2. The quantitative estimate of drug-likeness (QED) is 0.811. The molecular formula is C21H27FN2O2. The fraction of sp³-hybridized carbons (Fsp3) is 0.619. The molecule has 4 rings (SSSR count). The first-order chi connectivity index (χ1) is 12.5. The van der Waals surface area contributed by atoms with E-state index < -0.39 is 5.41 Å². The number of carbonyl (C=O) groups is 2. The van der Waals surface area contributed by atoms with Gasteiger partial charge in [0.05, 0.1) is 5.41 Å². The summed E-state index contributed by atoms with van der Waals surface area (Å²) >= 11 is 0. The van der Waals surface area contributed by atoms with Gasteiger partial charge in [-0.15, -0.1) is 0 Å². The lowest BCUT2D eigenvalue weighted by molar-refractivity contribution is -0.148. The number of piperidine rings is 1. The molecular weight excluding hydrogens is 331 g/mol. The highest BCUT2D eigenvalue weighted by atomic mass is 19.1. The molecule has 0 radical (unpaired) electrons. The van der Waals surface area contributed by atoms with Crippen LogP contribution in [0.5, 0.6) is 0 Å². The van der Waals surface area contributed by atoms with E-state index in [0.717, 1.165) is 38.6 Å². The number of carbonyl (C=O) groups excluding carboxylic acids is 2. The summed E-state index contributed by atoms with van der Waals surface area (Å²) in [7, 11) is 0. The van der Waals surface area contributed by atoms with Crippen molar-refractivity contribution in [3.8, 4) is 0 Å². The fourth-order valence-electron chi connectivity index (χ4n) is 5.13. The Morgan fingerprint density at radius 1 is 1.15 bits per heavy atom. The van der Waals surface area contributed by atoms with Gasteiger partial charge in [0.2, 0.25) is 5.91 Å². The second-order valence-corrected chi connectivity index (χ2v) is 8.26. The van der Waals surface area contributed by atoms with Crippen LogP contribution < -0.4 is 0 Å². The fourth-order valence-corrected chi connectivity index (χ4v) is 5.13. The number of halogens is 1. The number of hydrogen-bond donors (Lipinski definition) is 0. The molecule has 1 aliphatic carbocycles. The van der Waals surface area contributed by atoms with Crippen molar-refractivity contribution in [2.24, 2.45) is 5.41 Å². The van der Waals surface area contributed by atoms with Crippen molar-refractivity contribution in [1.82, 2.24) is 9.80 Å². The average molecular weight is 358 g/mol. The molecule has 0 N–H and O–H groups in total. The Hall–Kier alpha value is -1.91. The molecule has 0 bridgehead atoms. The summed E-state index contributed by atoms with van der Waals surface area (Å²) in [6.07, 6.45) is 7.34. The van der Waals surface area contributed by atoms with E-state index in [4.69, 9.17) is 0 Å². The maximum Gasteiger partial charge on any atom is 0.254 e. The third-order valence-electron chi connectivity index (χ3n) is 6.59. The highest BCUT2D eigenvalue weighted by Crippen LogP contribution is 2.42. The third kappa shape index (κ3) is 2.91. The highest BCUT2D eigenvalue weighted by molar-refractivity contribution is 5.96. The molecule has 2 saturated heterocycles. The van der Waals surface area contributed by atoms with Crippen LogP contribution >= 0.6 is 0 Å². The van der Waals surface area contributed by atoms with E-state index in [2.05, 4.69) is 4.90 Å². The van der Waals surface area contributed by atoms with E-state index in [9.17, 15) is 14.0 Å². The maximum atomic E-state index is 13.3. The van der Waals surface area contributed by atoms with E-state index in [0.29, 0.717) is 30.3 Å². The zero-order valence-electron chi connectivity index (χ0n) is 15.5. The Morgan fingerprint density at radius 2 is 1.92 bits per heavy atom. The molecule has 2 heterocycles. The van der Waals surface area contributed by atoms with Gasteiger partial charge in [0.15, 0.2) is 0 Å². The normalized spacial score (nSPS) is 26.9. The van der Waals surface area contributed by atoms with Crippen LogP contribution in [0.25, 0.3) is 0 Å². The molecule has 1 aromatic carbocycles. The molecule has 140 valence electrons.